The number of aromatic nitrogens is 2. The molecule has 1 aliphatic rings. The highest BCUT2D eigenvalue weighted by atomic mass is 32.2. The maximum absolute atomic E-state index is 11.4. The fourth-order valence-electron chi connectivity index (χ4n) is 1.86. The second-order valence-corrected chi connectivity index (χ2v) is 5.40. The highest BCUT2D eigenvalue weighted by Crippen LogP contribution is 2.37. The van der Waals surface area contributed by atoms with Crippen molar-refractivity contribution in [3.8, 4) is 0 Å². The fourth-order valence-corrected chi connectivity index (χ4v) is 2.86. The van der Waals surface area contributed by atoms with E-state index in [0.29, 0.717) is 6.04 Å². The molecule has 0 N–H and O–H groups in total. The molecule has 1 heterocycles. The number of hydrogen-bond acceptors (Lipinski definition) is 3. The Morgan fingerprint density at radius 3 is 2.72 bits per heavy atom. The molecular weight excluding hydrogens is 244 g/mol. The minimum absolute atomic E-state index is 0.150. The first-order valence-electron chi connectivity index (χ1n) is 6.09. The zero-order valence-electron chi connectivity index (χ0n) is 9.95. The summed E-state index contributed by atoms with van der Waals surface area (Å²) in [5, 5.41) is 0.842. The normalized spacial score (nSPS) is 14.7. The van der Waals surface area contributed by atoms with Gasteiger partial charge in [-0.15, -0.1) is 0 Å². The van der Waals surface area contributed by atoms with E-state index in [1.165, 1.54) is 18.4 Å². The molecule has 0 radical (unpaired) electrons. The molecule has 0 atom stereocenters. The van der Waals surface area contributed by atoms with E-state index in [1.54, 1.807) is 17.8 Å². The van der Waals surface area contributed by atoms with Gasteiger partial charge in [-0.05, 0) is 18.4 Å². The second-order valence-electron chi connectivity index (χ2n) is 4.46. The van der Waals surface area contributed by atoms with E-state index in [2.05, 4.69) is 21.7 Å². The van der Waals surface area contributed by atoms with Crippen molar-refractivity contribution in [2.45, 2.75) is 29.8 Å². The fraction of sp³-hybridized carbons (Fsp3) is 0.286. The standard InChI is InChI=1S/C14H14N2OS/c17-13-8-9-16(12-6-7-12)14(15-13)18-10-11-4-2-1-3-5-11/h1-5,8-9,12H,6-7,10H2. The lowest BCUT2D eigenvalue weighted by molar-refractivity contribution is 0.624. The molecule has 0 amide bonds. The van der Waals surface area contributed by atoms with Gasteiger partial charge in [-0.3, -0.25) is 4.79 Å². The number of thioether (sulfide) groups is 1. The van der Waals surface area contributed by atoms with E-state index in [9.17, 15) is 4.79 Å². The van der Waals surface area contributed by atoms with Crippen LogP contribution >= 0.6 is 11.8 Å². The average molecular weight is 258 g/mol. The van der Waals surface area contributed by atoms with Gasteiger partial charge in [-0.25, -0.2) is 0 Å². The van der Waals surface area contributed by atoms with Crippen LogP contribution in [0, 0.1) is 0 Å². The Morgan fingerprint density at radius 2 is 2.00 bits per heavy atom. The summed E-state index contributed by atoms with van der Waals surface area (Å²) in [5.74, 6) is 0.851. The van der Waals surface area contributed by atoms with Crippen molar-refractivity contribution in [1.29, 1.82) is 0 Å². The summed E-state index contributed by atoms with van der Waals surface area (Å²) in [7, 11) is 0. The average Bonchev–Trinajstić information content (AvgIpc) is 3.22. The van der Waals surface area contributed by atoms with Gasteiger partial charge in [-0.1, -0.05) is 42.1 Å². The Morgan fingerprint density at radius 1 is 1.22 bits per heavy atom. The van der Waals surface area contributed by atoms with Crippen molar-refractivity contribution >= 4 is 11.8 Å². The quantitative estimate of drug-likeness (QED) is 0.625. The van der Waals surface area contributed by atoms with Gasteiger partial charge >= 0.3 is 0 Å². The topological polar surface area (TPSA) is 34.9 Å². The van der Waals surface area contributed by atoms with Crippen LogP contribution in [0.4, 0.5) is 0 Å². The van der Waals surface area contributed by atoms with Gasteiger partial charge in [0.25, 0.3) is 5.56 Å². The van der Waals surface area contributed by atoms with Gasteiger partial charge in [0, 0.05) is 24.1 Å². The Hall–Kier alpha value is -1.55. The summed E-state index contributed by atoms with van der Waals surface area (Å²) >= 11 is 1.63. The Labute approximate surface area is 110 Å². The van der Waals surface area contributed by atoms with Crippen LogP contribution in [-0.2, 0) is 5.75 Å². The molecule has 0 unspecified atom stereocenters. The molecule has 18 heavy (non-hydrogen) atoms. The third-order valence-corrected chi connectivity index (χ3v) is 3.99. The van der Waals surface area contributed by atoms with Crippen LogP contribution in [0.15, 0.2) is 52.5 Å². The molecule has 1 saturated carbocycles. The predicted octanol–water partition coefficient (Wildman–Crippen LogP) is 2.87. The molecule has 3 rings (SSSR count). The molecule has 0 saturated heterocycles. The first-order valence-corrected chi connectivity index (χ1v) is 7.07. The first kappa shape index (κ1) is 11.5. The predicted molar refractivity (Wildman–Crippen MR) is 72.8 cm³/mol. The van der Waals surface area contributed by atoms with Crippen LogP contribution in [-0.4, -0.2) is 9.55 Å². The van der Waals surface area contributed by atoms with Crippen LogP contribution < -0.4 is 5.56 Å². The van der Waals surface area contributed by atoms with Gasteiger partial charge in [0.15, 0.2) is 5.16 Å². The van der Waals surface area contributed by atoms with E-state index in [1.807, 2.05) is 24.4 Å². The SMILES string of the molecule is O=c1ccn(C2CC2)c(SCc2ccccc2)n1. The molecule has 0 spiro atoms. The van der Waals surface area contributed by atoms with E-state index in [0.717, 1.165) is 10.9 Å². The van der Waals surface area contributed by atoms with E-state index in [-0.39, 0.29) is 5.56 Å². The van der Waals surface area contributed by atoms with Crippen LogP contribution in [0.25, 0.3) is 0 Å². The molecule has 2 aromatic rings. The molecule has 1 fully saturated rings. The summed E-state index contributed by atoms with van der Waals surface area (Å²) in [5.41, 5.74) is 1.10. The van der Waals surface area contributed by atoms with Crippen molar-refractivity contribution in [2.24, 2.45) is 0 Å². The van der Waals surface area contributed by atoms with Gasteiger partial charge < -0.3 is 4.57 Å². The Kier molecular flexibility index (Phi) is 3.19. The molecule has 3 nitrogen and oxygen atoms in total. The molecule has 4 heteroatoms. The minimum Gasteiger partial charge on any atom is -0.324 e. The Bertz CT molecular complexity index is 590. The van der Waals surface area contributed by atoms with Crippen LogP contribution in [0.5, 0.6) is 0 Å². The van der Waals surface area contributed by atoms with Gasteiger partial charge in [0.1, 0.15) is 0 Å². The third-order valence-electron chi connectivity index (χ3n) is 2.96. The maximum Gasteiger partial charge on any atom is 0.273 e. The summed E-state index contributed by atoms with van der Waals surface area (Å²) in [4.78, 5) is 15.5. The monoisotopic (exact) mass is 258 g/mol. The number of rotatable bonds is 4. The summed E-state index contributed by atoms with van der Waals surface area (Å²) in [6, 6.07) is 12.4. The van der Waals surface area contributed by atoms with Crippen LogP contribution in [0.1, 0.15) is 24.4 Å². The van der Waals surface area contributed by atoms with E-state index >= 15 is 0 Å². The van der Waals surface area contributed by atoms with Crippen molar-refractivity contribution in [1.82, 2.24) is 9.55 Å². The first-order chi connectivity index (χ1) is 8.83. The zero-order valence-corrected chi connectivity index (χ0v) is 10.8. The molecule has 1 aromatic carbocycles. The van der Waals surface area contributed by atoms with Crippen molar-refractivity contribution in [3.05, 3.63) is 58.5 Å². The summed E-state index contributed by atoms with van der Waals surface area (Å²) < 4.78 is 2.13. The van der Waals surface area contributed by atoms with Gasteiger partial charge in [0.05, 0.1) is 0 Å². The second kappa shape index (κ2) is 4.98. The molecule has 1 aromatic heterocycles. The smallest absolute Gasteiger partial charge is 0.273 e. The Balaban J connectivity index is 1.79. The molecule has 1 aliphatic carbocycles. The van der Waals surface area contributed by atoms with Crippen molar-refractivity contribution < 1.29 is 0 Å². The third kappa shape index (κ3) is 2.64. The highest BCUT2D eigenvalue weighted by Gasteiger charge is 2.25. The lowest BCUT2D eigenvalue weighted by Gasteiger charge is -2.10. The van der Waals surface area contributed by atoms with Crippen LogP contribution in [0.2, 0.25) is 0 Å². The van der Waals surface area contributed by atoms with Crippen LogP contribution in [0.3, 0.4) is 0 Å². The summed E-state index contributed by atoms with van der Waals surface area (Å²) in [6.45, 7) is 0. The molecular formula is C14H14N2OS. The molecule has 0 aliphatic heterocycles. The summed E-state index contributed by atoms with van der Waals surface area (Å²) in [6.07, 6.45) is 4.27. The van der Waals surface area contributed by atoms with Gasteiger partial charge in [0.2, 0.25) is 0 Å². The highest BCUT2D eigenvalue weighted by molar-refractivity contribution is 7.98. The zero-order chi connectivity index (χ0) is 12.4. The van der Waals surface area contributed by atoms with Crippen molar-refractivity contribution in [2.75, 3.05) is 0 Å². The number of hydrogen-bond donors (Lipinski definition) is 0. The largest absolute Gasteiger partial charge is 0.324 e. The maximum atomic E-state index is 11.4. The van der Waals surface area contributed by atoms with E-state index in [4.69, 9.17) is 0 Å². The van der Waals surface area contributed by atoms with Gasteiger partial charge in [-0.2, -0.15) is 4.98 Å². The van der Waals surface area contributed by atoms with Crippen molar-refractivity contribution in [3.63, 3.8) is 0 Å². The number of nitrogens with zero attached hydrogens (tertiary/aromatic N) is 2. The lowest BCUT2D eigenvalue weighted by atomic mass is 10.2. The molecule has 0 bridgehead atoms. The minimum atomic E-state index is -0.150. The molecule has 92 valence electrons. The number of benzene rings is 1. The lowest BCUT2D eigenvalue weighted by Crippen LogP contribution is -2.12. The van der Waals surface area contributed by atoms with E-state index < -0.39 is 0 Å².